The van der Waals surface area contributed by atoms with Crippen LogP contribution < -0.4 is 10.9 Å². The maximum atomic E-state index is 12.3. The SMILES string of the molecule is Cc1ccc(C(=O)N(C)CC2CNNC2C)cc1O. The Labute approximate surface area is 113 Å². The lowest BCUT2D eigenvalue weighted by Gasteiger charge is -2.23. The summed E-state index contributed by atoms with van der Waals surface area (Å²) in [6.45, 7) is 5.46. The molecule has 1 saturated heterocycles. The number of phenols is 1. The number of hydrogen-bond donors (Lipinski definition) is 3. The van der Waals surface area contributed by atoms with E-state index in [1.165, 1.54) is 6.07 Å². The van der Waals surface area contributed by atoms with Crippen molar-refractivity contribution in [2.75, 3.05) is 20.1 Å². The topological polar surface area (TPSA) is 64.6 Å². The van der Waals surface area contributed by atoms with E-state index < -0.39 is 0 Å². The van der Waals surface area contributed by atoms with Crippen molar-refractivity contribution in [2.24, 2.45) is 5.92 Å². The van der Waals surface area contributed by atoms with Crippen LogP contribution in [0.2, 0.25) is 0 Å². The molecule has 1 amide bonds. The van der Waals surface area contributed by atoms with Crippen LogP contribution in [0.15, 0.2) is 18.2 Å². The summed E-state index contributed by atoms with van der Waals surface area (Å²) in [6.07, 6.45) is 0. The first-order chi connectivity index (χ1) is 8.99. The Morgan fingerprint density at radius 3 is 2.84 bits per heavy atom. The highest BCUT2D eigenvalue weighted by atomic mass is 16.3. The normalized spacial score (nSPS) is 22.5. The number of hydrazine groups is 1. The number of phenolic OH excluding ortho intramolecular Hbond substituents is 1. The van der Waals surface area contributed by atoms with Crippen LogP contribution in [0.5, 0.6) is 5.75 Å². The minimum absolute atomic E-state index is 0.0607. The fourth-order valence-electron chi connectivity index (χ4n) is 2.27. The quantitative estimate of drug-likeness (QED) is 0.757. The molecule has 0 bridgehead atoms. The van der Waals surface area contributed by atoms with E-state index in [2.05, 4.69) is 17.8 Å². The molecule has 0 saturated carbocycles. The fraction of sp³-hybridized carbons (Fsp3) is 0.500. The molecule has 1 aromatic rings. The number of aryl methyl sites for hydroxylation is 1. The Balaban J connectivity index is 2.03. The lowest BCUT2D eigenvalue weighted by Crippen LogP contribution is -2.36. The molecule has 3 N–H and O–H groups in total. The third kappa shape index (κ3) is 3.05. The molecule has 1 aliphatic rings. The monoisotopic (exact) mass is 263 g/mol. The molecule has 5 nitrogen and oxygen atoms in total. The van der Waals surface area contributed by atoms with Crippen LogP contribution in [0.25, 0.3) is 0 Å². The molecule has 2 atom stereocenters. The van der Waals surface area contributed by atoms with Crippen molar-refractivity contribution < 1.29 is 9.90 Å². The van der Waals surface area contributed by atoms with Gasteiger partial charge in [0.15, 0.2) is 0 Å². The average molecular weight is 263 g/mol. The molecule has 1 aliphatic heterocycles. The van der Waals surface area contributed by atoms with Crippen molar-refractivity contribution in [1.29, 1.82) is 0 Å². The van der Waals surface area contributed by atoms with E-state index in [-0.39, 0.29) is 11.7 Å². The second kappa shape index (κ2) is 5.59. The van der Waals surface area contributed by atoms with Crippen molar-refractivity contribution in [2.45, 2.75) is 19.9 Å². The fourth-order valence-corrected chi connectivity index (χ4v) is 2.27. The van der Waals surface area contributed by atoms with Gasteiger partial charge in [0.2, 0.25) is 0 Å². The van der Waals surface area contributed by atoms with Gasteiger partial charge in [-0.25, -0.2) is 0 Å². The van der Waals surface area contributed by atoms with Crippen molar-refractivity contribution in [1.82, 2.24) is 15.8 Å². The average Bonchev–Trinajstić information content (AvgIpc) is 2.77. The highest BCUT2D eigenvalue weighted by Gasteiger charge is 2.25. The zero-order chi connectivity index (χ0) is 14.0. The Bertz CT molecular complexity index is 476. The maximum Gasteiger partial charge on any atom is 0.253 e. The molecule has 0 aliphatic carbocycles. The molecule has 0 spiro atoms. The number of benzene rings is 1. The van der Waals surface area contributed by atoms with Crippen molar-refractivity contribution in [3.05, 3.63) is 29.3 Å². The number of carbonyl (C=O) groups is 1. The minimum Gasteiger partial charge on any atom is -0.508 e. The lowest BCUT2D eigenvalue weighted by molar-refractivity contribution is 0.0772. The van der Waals surface area contributed by atoms with Gasteiger partial charge >= 0.3 is 0 Å². The van der Waals surface area contributed by atoms with E-state index in [4.69, 9.17) is 0 Å². The molecule has 1 aromatic carbocycles. The van der Waals surface area contributed by atoms with E-state index in [1.807, 2.05) is 6.92 Å². The zero-order valence-electron chi connectivity index (χ0n) is 11.6. The van der Waals surface area contributed by atoms with Gasteiger partial charge in [0.05, 0.1) is 0 Å². The van der Waals surface area contributed by atoms with Crippen LogP contribution in [-0.2, 0) is 0 Å². The van der Waals surface area contributed by atoms with Crippen molar-refractivity contribution >= 4 is 5.91 Å². The molecule has 2 unspecified atom stereocenters. The zero-order valence-corrected chi connectivity index (χ0v) is 11.6. The molecule has 2 rings (SSSR count). The van der Waals surface area contributed by atoms with Gasteiger partial charge in [0, 0.05) is 37.7 Å². The van der Waals surface area contributed by atoms with Crippen LogP contribution in [0.4, 0.5) is 0 Å². The van der Waals surface area contributed by atoms with E-state index >= 15 is 0 Å². The van der Waals surface area contributed by atoms with E-state index in [0.717, 1.165) is 12.1 Å². The largest absolute Gasteiger partial charge is 0.508 e. The summed E-state index contributed by atoms with van der Waals surface area (Å²) in [7, 11) is 1.80. The first kappa shape index (κ1) is 13.8. The standard InChI is InChI=1S/C14H21N3O2/c1-9-4-5-11(6-13(9)18)14(19)17(3)8-12-7-15-16-10(12)2/h4-6,10,12,15-16,18H,7-8H2,1-3H3. The number of nitrogens with zero attached hydrogens (tertiary/aromatic N) is 1. The third-order valence-electron chi connectivity index (χ3n) is 3.71. The summed E-state index contributed by atoms with van der Waals surface area (Å²) in [5.74, 6) is 0.499. The summed E-state index contributed by atoms with van der Waals surface area (Å²) in [5.41, 5.74) is 7.54. The van der Waals surface area contributed by atoms with Crippen LogP contribution >= 0.6 is 0 Å². The van der Waals surface area contributed by atoms with Crippen LogP contribution in [0, 0.1) is 12.8 Å². The Morgan fingerprint density at radius 2 is 2.26 bits per heavy atom. The second-order valence-electron chi connectivity index (χ2n) is 5.26. The van der Waals surface area contributed by atoms with Gasteiger partial charge in [-0.2, -0.15) is 0 Å². The molecule has 5 heteroatoms. The number of nitrogens with one attached hydrogen (secondary N) is 2. The third-order valence-corrected chi connectivity index (χ3v) is 3.71. The minimum atomic E-state index is -0.0607. The first-order valence-corrected chi connectivity index (χ1v) is 6.52. The Hall–Kier alpha value is -1.59. The van der Waals surface area contributed by atoms with Gasteiger partial charge in [-0.3, -0.25) is 15.6 Å². The van der Waals surface area contributed by atoms with E-state index in [9.17, 15) is 9.90 Å². The molecular formula is C14H21N3O2. The van der Waals surface area contributed by atoms with Gasteiger partial charge in [-0.15, -0.1) is 0 Å². The number of carbonyl (C=O) groups excluding carboxylic acids is 1. The Kier molecular flexibility index (Phi) is 4.07. The highest BCUT2D eigenvalue weighted by molar-refractivity contribution is 5.94. The summed E-state index contributed by atoms with van der Waals surface area (Å²) in [6, 6.07) is 5.39. The molecule has 0 radical (unpaired) electrons. The smallest absolute Gasteiger partial charge is 0.253 e. The number of aromatic hydroxyl groups is 1. The Morgan fingerprint density at radius 1 is 1.53 bits per heavy atom. The van der Waals surface area contributed by atoms with Gasteiger partial charge in [0.1, 0.15) is 5.75 Å². The molecule has 1 heterocycles. The predicted molar refractivity (Wildman–Crippen MR) is 73.9 cm³/mol. The van der Waals surface area contributed by atoms with Crippen molar-refractivity contribution in [3.63, 3.8) is 0 Å². The molecule has 19 heavy (non-hydrogen) atoms. The maximum absolute atomic E-state index is 12.3. The first-order valence-electron chi connectivity index (χ1n) is 6.52. The van der Waals surface area contributed by atoms with Gasteiger partial charge in [-0.05, 0) is 31.5 Å². The van der Waals surface area contributed by atoms with E-state index in [1.54, 1.807) is 24.1 Å². The summed E-state index contributed by atoms with van der Waals surface area (Å²) < 4.78 is 0. The van der Waals surface area contributed by atoms with Gasteiger partial charge < -0.3 is 10.0 Å². The predicted octanol–water partition coefficient (Wildman–Crippen LogP) is 0.885. The molecule has 1 fully saturated rings. The van der Waals surface area contributed by atoms with Crippen LogP contribution in [-0.4, -0.2) is 42.1 Å². The van der Waals surface area contributed by atoms with Gasteiger partial charge in [0.25, 0.3) is 5.91 Å². The number of hydrogen-bond acceptors (Lipinski definition) is 4. The molecule has 104 valence electrons. The van der Waals surface area contributed by atoms with Crippen LogP contribution in [0.1, 0.15) is 22.8 Å². The van der Waals surface area contributed by atoms with Gasteiger partial charge in [-0.1, -0.05) is 6.07 Å². The second-order valence-corrected chi connectivity index (χ2v) is 5.26. The molecular weight excluding hydrogens is 242 g/mol. The summed E-state index contributed by atoms with van der Waals surface area (Å²) >= 11 is 0. The number of amides is 1. The lowest BCUT2D eigenvalue weighted by atomic mass is 10.0. The van der Waals surface area contributed by atoms with Crippen LogP contribution in [0.3, 0.4) is 0 Å². The number of rotatable bonds is 3. The summed E-state index contributed by atoms with van der Waals surface area (Å²) in [5, 5.41) is 9.67. The molecule has 0 aromatic heterocycles. The van der Waals surface area contributed by atoms with E-state index in [0.29, 0.717) is 24.1 Å². The van der Waals surface area contributed by atoms with Crippen molar-refractivity contribution in [3.8, 4) is 5.75 Å². The highest BCUT2D eigenvalue weighted by Crippen LogP contribution is 2.19. The summed E-state index contributed by atoms with van der Waals surface area (Å²) in [4.78, 5) is 14.0.